The number of hydroxylamine groups is 7. The minimum Gasteiger partial charge on any atom is -0.379 e. The molecule has 2 rings (SSSR count). The van der Waals surface area contributed by atoms with Crippen molar-refractivity contribution >= 4 is 23.8 Å². The van der Waals surface area contributed by atoms with Gasteiger partial charge in [0.05, 0.1) is 28.4 Å². The van der Waals surface area contributed by atoms with E-state index in [0.29, 0.717) is 0 Å². The van der Waals surface area contributed by atoms with Gasteiger partial charge in [0.15, 0.2) is 0 Å². The van der Waals surface area contributed by atoms with E-state index in [1.807, 2.05) is 0 Å². The molecule has 1 aliphatic rings. The van der Waals surface area contributed by atoms with Gasteiger partial charge in [0.25, 0.3) is 0 Å². The molecule has 0 bridgehead atoms. The van der Waals surface area contributed by atoms with Crippen molar-refractivity contribution in [1.82, 2.24) is 35.6 Å². The fourth-order valence-corrected chi connectivity index (χ4v) is 2.66. The molecule has 1 aromatic heterocycles. The van der Waals surface area contributed by atoms with Crippen LogP contribution >= 0.6 is 0 Å². The van der Waals surface area contributed by atoms with E-state index in [2.05, 4.69) is 25.4 Å². The van der Waals surface area contributed by atoms with Crippen LogP contribution in [0.15, 0.2) is 4.99 Å². The van der Waals surface area contributed by atoms with Crippen LogP contribution in [-0.2, 0) is 28.8 Å². The Morgan fingerprint density at radius 2 is 1.44 bits per heavy atom. The van der Waals surface area contributed by atoms with Crippen molar-refractivity contribution in [3.8, 4) is 0 Å². The third-order valence-electron chi connectivity index (χ3n) is 3.80. The van der Waals surface area contributed by atoms with Gasteiger partial charge in [-0.2, -0.15) is 25.0 Å². The number of hydrogen-bond donors (Lipinski definition) is 6. The average molecular weight is 466 g/mol. The molecule has 0 radical (unpaired) electrons. The second-order valence-electron chi connectivity index (χ2n) is 5.43. The zero-order valence-corrected chi connectivity index (χ0v) is 18.5. The quantitative estimate of drug-likeness (QED) is 0.150. The molecule has 0 aliphatic carbocycles. The lowest BCUT2D eigenvalue weighted by atomic mass is 10.4. The molecule has 32 heavy (non-hydrogen) atoms. The summed E-state index contributed by atoms with van der Waals surface area (Å²) < 4.78 is 10.9. The number of nitrogens with zero attached hydrogens (tertiary/aromatic N) is 7. The summed E-state index contributed by atoms with van der Waals surface area (Å²) in [6.45, 7) is -0.621. The first-order chi connectivity index (χ1) is 15.2. The molecule has 1 aliphatic heterocycles. The fourth-order valence-electron chi connectivity index (χ4n) is 2.66. The molecule has 0 amide bonds. The van der Waals surface area contributed by atoms with Crippen LogP contribution in [0.2, 0.25) is 0 Å². The van der Waals surface area contributed by atoms with Crippen LogP contribution in [-0.4, -0.2) is 103 Å². The van der Waals surface area contributed by atoms with Crippen molar-refractivity contribution < 1.29 is 33.9 Å². The van der Waals surface area contributed by atoms with Crippen LogP contribution in [0.25, 0.3) is 0 Å². The van der Waals surface area contributed by atoms with E-state index in [1.165, 1.54) is 42.7 Å². The summed E-state index contributed by atoms with van der Waals surface area (Å²) in [5.74, 6) is -3.69. The molecule has 0 spiro atoms. The van der Waals surface area contributed by atoms with Crippen molar-refractivity contribution in [3.05, 3.63) is 0 Å². The topological polar surface area (TPSA) is 252 Å². The summed E-state index contributed by atoms with van der Waals surface area (Å²) >= 11 is 0. The van der Waals surface area contributed by atoms with Gasteiger partial charge in [-0.1, -0.05) is 10.1 Å². The number of aliphatic hydroxyl groups excluding tert-OH is 1. The first-order valence-electron chi connectivity index (χ1n) is 8.55. The zero-order chi connectivity index (χ0) is 24.5. The molecule has 2 atom stereocenters. The normalized spacial score (nSPS) is 23.6. The van der Waals surface area contributed by atoms with Crippen molar-refractivity contribution in [2.45, 2.75) is 11.9 Å². The number of aliphatic hydroxyl groups is 1. The Morgan fingerprint density at radius 1 is 0.906 bits per heavy atom. The van der Waals surface area contributed by atoms with E-state index in [4.69, 9.17) is 51.8 Å². The Kier molecular flexibility index (Phi) is 10.0. The smallest absolute Gasteiger partial charge is 0.342 e. The largest absolute Gasteiger partial charge is 0.379 e. The molecule has 19 heteroatoms. The number of ether oxygens (including phenoxy) is 2. The minimum atomic E-state index is -1.86. The van der Waals surface area contributed by atoms with Crippen molar-refractivity contribution in [2.24, 2.45) is 10.7 Å². The van der Waals surface area contributed by atoms with Gasteiger partial charge >= 0.3 is 11.9 Å². The van der Waals surface area contributed by atoms with Gasteiger partial charge < -0.3 is 37.5 Å². The maximum atomic E-state index is 9.64. The van der Waals surface area contributed by atoms with E-state index < -0.39 is 18.7 Å². The number of rotatable bonds is 9. The van der Waals surface area contributed by atoms with Crippen LogP contribution in [0, 0.1) is 0 Å². The second-order valence-corrected chi connectivity index (χ2v) is 5.43. The van der Waals surface area contributed by atoms with Gasteiger partial charge in [-0.3, -0.25) is 19.4 Å². The molecular weight excluding hydrogens is 436 g/mol. The third kappa shape index (κ3) is 5.18. The highest BCUT2D eigenvalue weighted by Crippen LogP contribution is 2.36. The van der Waals surface area contributed by atoms with Crippen molar-refractivity contribution in [1.29, 1.82) is 0 Å². The van der Waals surface area contributed by atoms with Crippen molar-refractivity contribution in [2.75, 3.05) is 66.6 Å². The van der Waals surface area contributed by atoms with Gasteiger partial charge in [-0.05, 0) is 0 Å². The number of methoxy groups -OCH3 is 2. The number of hydrogen-bond acceptors (Lipinski definition) is 19. The van der Waals surface area contributed by atoms with E-state index in [9.17, 15) is 5.11 Å². The summed E-state index contributed by atoms with van der Waals surface area (Å²) in [4.78, 5) is 35.2. The molecule has 0 aromatic carbocycles. The van der Waals surface area contributed by atoms with Gasteiger partial charge in [-0.15, -0.1) is 5.48 Å². The second kappa shape index (κ2) is 11.8. The molecule has 184 valence electrons. The molecule has 10 N–H and O–H groups in total. The third-order valence-corrected chi connectivity index (χ3v) is 3.80. The number of nitrogens with one attached hydrogen (secondary N) is 1. The molecule has 2 unspecified atom stereocenters. The fraction of sp³-hybridized carbons (Fsp3) is 0.692. The highest BCUT2D eigenvalue weighted by Gasteiger charge is 2.64. The number of aliphatic imine (C=N–C) groups is 1. The molecule has 0 saturated carbocycles. The summed E-state index contributed by atoms with van der Waals surface area (Å²) in [5, 5.41) is 12.6. The van der Waals surface area contributed by atoms with Crippen LogP contribution in [0.1, 0.15) is 0 Å². The summed E-state index contributed by atoms with van der Waals surface area (Å²) in [7, 11) is 7.92. The number of aromatic nitrogens is 3. The van der Waals surface area contributed by atoms with Crippen LogP contribution in [0.3, 0.4) is 0 Å². The van der Waals surface area contributed by atoms with E-state index in [-0.39, 0.29) is 23.8 Å². The van der Waals surface area contributed by atoms with Gasteiger partial charge in [0, 0.05) is 14.2 Å². The first-order valence-corrected chi connectivity index (χ1v) is 8.55. The average Bonchev–Trinajstić information content (AvgIpc) is 2.74. The maximum Gasteiger partial charge on any atom is 0.342 e. The highest BCUT2D eigenvalue weighted by molar-refractivity contribution is 5.78. The Labute approximate surface area is 183 Å². The standard InChI is InChI=1S/C10H24N6O7.C3H6N6/c1-18-9(13-20-3)12-8(11)15(22-5)10(19-2,16(9)23-6)14(7-17)21-4;4-1-7-2(5)9-3(6)8-1/h13,17H,7H2,1-6H3,(H2,11,12);(H6,4,5,6,7,8,9). The van der Waals surface area contributed by atoms with Gasteiger partial charge in [0.1, 0.15) is 6.73 Å². The van der Waals surface area contributed by atoms with Crippen LogP contribution in [0.4, 0.5) is 17.8 Å². The highest BCUT2D eigenvalue weighted by atomic mass is 16.9. The van der Waals surface area contributed by atoms with Crippen molar-refractivity contribution in [3.63, 3.8) is 0 Å². The monoisotopic (exact) mass is 466 g/mol. The van der Waals surface area contributed by atoms with E-state index >= 15 is 0 Å². The van der Waals surface area contributed by atoms with Crippen LogP contribution < -0.4 is 28.4 Å². The number of guanidine groups is 1. The van der Waals surface area contributed by atoms with Crippen LogP contribution in [0.5, 0.6) is 0 Å². The Morgan fingerprint density at radius 3 is 1.75 bits per heavy atom. The minimum absolute atomic E-state index is 0.0417. The van der Waals surface area contributed by atoms with E-state index in [0.717, 1.165) is 15.2 Å². The molecule has 0 fully saturated rings. The summed E-state index contributed by atoms with van der Waals surface area (Å²) in [6.07, 6.45) is 0. The SMILES string of the molecule is CONC1(OC)N=C(N)N(OC)C(OC)(N(CO)OC)N1OC.Nc1nc(N)nc(N)n1. The lowest BCUT2D eigenvalue weighted by Gasteiger charge is -2.55. The lowest BCUT2D eigenvalue weighted by Crippen LogP contribution is -2.82. The number of nitrogens with two attached hydrogens (primary N) is 4. The number of anilines is 3. The number of nitrogen functional groups attached to an aromatic ring is 3. The Balaban J connectivity index is 0.000000471. The lowest BCUT2D eigenvalue weighted by molar-refractivity contribution is -0.542. The Bertz CT molecular complexity index is 705. The maximum absolute atomic E-state index is 9.64. The van der Waals surface area contributed by atoms with Gasteiger partial charge in [0.2, 0.25) is 23.8 Å². The molecule has 0 saturated heterocycles. The molecule has 19 nitrogen and oxygen atoms in total. The first kappa shape index (κ1) is 27.3. The Hall–Kier alpha value is -2.72. The predicted octanol–water partition coefficient (Wildman–Crippen LogP) is -3.86. The summed E-state index contributed by atoms with van der Waals surface area (Å²) in [5.41, 5.74) is 23.8. The zero-order valence-electron chi connectivity index (χ0n) is 18.5. The molecule has 2 heterocycles. The predicted molar refractivity (Wildman–Crippen MR) is 108 cm³/mol. The van der Waals surface area contributed by atoms with E-state index in [1.54, 1.807) is 0 Å². The van der Waals surface area contributed by atoms with Gasteiger partial charge in [-0.25, -0.2) is 0 Å². The molecular formula is C13H30N12O7. The molecule has 1 aromatic rings. The summed E-state index contributed by atoms with van der Waals surface area (Å²) in [6, 6.07) is 0.